The molecule has 0 aliphatic rings. The summed E-state index contributed by atoms with van der Waals surface area (Å²) >= 11 is 0. The summed E-state index contributed by atoms with van der Waals surface area (Å²) in [5.41, 5.74) is 0. The van der Waals surface area contributed by atoms with E-state index >= 15 is 0 Å². The maximum atomic E-state index is 8.42. The van der Waals surface area contributed by atoms with Gasteiger partial charge >= 0.3 is 162 Å². The van der Waals surface area contributed by atoms with E-state index < -0.39 is 29.3 Å². The molecule has 0 spiro atoms. The molecule has 0 amide bonds. The third kappa shape index (κ3) is 430. The normalized spacial score (nSPS) is 5.40. The molecule has 0 saturated carbocycles. The van der Waals surface area contributed by atoms with E-state index in [0.29, 0.717) is 0 Å². The first-order valence-electron chi connectivity index (χ1n) is 2.83. The van der Waals surface area contributed by atoms with Crippen LogP contribution in [-0.4, -0.2) is 29.3 Å². The Kier molecular flexibility index (Phi) is 110. The van der Waals surface area contributed by atoms with Crippen LogP contribution in [0.25, 0.3) is 0 Å². The molecule has 0 bridgehead atoms. The second kappa shape index (κ2) is 44.0. The van der Waals surface area contributed by atoms with Gasteiger partial charge in [0.25, 0.3) is 0 Å². The second-order valence-corrected chi connectivity index (χ2v) is 1.15. The van der Waals surface area contributed by atoms with Crippen molar-refractivity contribution < 1.29 is 222 Å². The standard InChI is InChI=1S/4BO3.4Sm/c4*2-1(3)4;;;;/q4*-3;4*+3. The van der Waals surface area contributed by atoms with Crippen LogP contribution in [-0.2, 0) is 0 Å². The zero-order valence-corrected chi connectivity index (χ0v) is 19.3. The Morgan fingerprint density at radius 2 is 0.250 bits per heavy atom. The zero-order valence-electron chi connectivity index (χ0n) is 8.84. The fraction of sp³-hybridized carbons (Fsp3) is 0. The summed E-state index contributed by atoms with van der Waals surface area (Å²) in [5, 5.41) is 101. The van der Waals surface area contributed by atoms with E-state index in [1.54, 1.807) is 0 Å². The van der Waals surface area contributed by atoms with E-state index in [1.807, 2.05) is 0 Å². The summed E-state index contributed by atoms with van der Waals surface area (Å²) in [6, 6.07) is 0. The Morgan fingerprint density at radius 3 is 0.250 bits per heavy atom. The summed E-state index contributed by atoms with van der Waals surface area (Å²) in [5.74, 6) is 0. The van der Waals surface area contributed by atoms with Crippen LogP contribution in [0.15, 0.2) is 0 Å². The minimum absolute atomic E-state index is 0. The van der Waals surface area contributed by atoms with Gasteiger partial charge in [-0.25, -0.2) is 0 Å². The molecule has 0 saturated heterocycles. The largest absolute Gasteiger partial charge is 3.00 e. The maximum Gasteiger partial charge on any atom is 3.00 e. The summed E-state index contributed by atoms with van der Waals surface area (Å²) < 4.78 is 0. The zero-order chi connectivity index (χ0) is 14.3. The van der Waals surface area contributed by atoms with E-state index in [1.165, 1.54) is 0 Å². The summed E-state index contributed by atoms with van der Waals surface area (Å²) in [6.45, 7) is 0. The van der Waals surface area contributed by atoms with Crippen molar-refractivity contribution in [3.63, 3.8) is 0 Å². The van der Waals surface area contributed by atoms with E-state index in [9.17, 15) is 0 Å². The Bertz CT molecular complexity index is 70.4. The van der Waals surface area contributed by atoms with Crippen LogP contribution < -0.4 is 60.3 Å². The summed E-state index contributed by atoms with van der Waals surface area (Å²) in [7, 11) is -11.7. The predicted octanol–water partition coefficient (Wildman–Crippen LogP) is -15.8. The molecule has 108 valence electrons. The number of hydrogen-bond donors (Lipinski definition) is 0. The smallest absolute Gasteiger partial charge is 0.907 e. The second-order valence-electron chi connectivity index (χ2n) is 1.15. The Labute approximate surface area is 245 Å². The SMILES string of the molecule is [O-]B([O-])[O-].[O-]B([O-])[O-].[O-]B([O-])[O-].[O-]B([O-])[O-].[Sm+3].[Sm+3].[Sm+3].[Sm+3]. The quantitative estimate of drug-likeness (QED) is 0.206. The molecule has 0 fully saturated rings. The maximum absolute atomic E-state index is 8.42. The third-order valence-electron chi connectivity index (χ3n) is 0. The molecular formula is B4O12Sm4. The number of rotatable bonds is 0. The average Bonchev–Trinajstić information content (AvgIpc) is 1.76. The van der Waals surface area contributed by atoms with Crippen LogP contribution in [0.3, 0.4) is 0 Å². The van der Waals surface area contributed by atoms with Crippen LogP contribution in [0.5, 0.6) is 0 Å². The molecule has 0 rings (SSSR count). The molecule has 0 atom stereocenters. The fourth-order valence-electron chi connectivity index (χ4n) is 0. The Hall–Kier alpha value is 5.13. The average molecular weight is 837 g/mol. The van der Waals surface area contributed by atoms with Gasteiger partial charge in [0.2, 0.25) is 0 Å². The van der Waals surface area contributed by atoms with Gasteiger partial charge in [0, 0.05) is 0 Å². The molecule has 0 unspecified atom stereocenters. The van der Waals surface area contributed by atoms with E-state index in [-0.39, 0.29) is 162 Å². The van der Waals surface area contributed by atoms with E-state index in [2.05, 4.69) is 0 Å². The molecule has 20 heteroatoms. The van der Waals surface area contributed by atoms with Crippen molar-refractivity contribution >= 4 is 29.3 Å². The van der Waals surface area contributed by atoms with Crippen molar-refractivity contribution in [1.82, 2.24) is 0 Å². The van der Waals surface area contributed by atoms with Crippen molar-refractivity contribution in [3.05, 3.63) is 0 Å². The van der Waals surface area contributed by atoms with E-state index in [0.717, 1.165) is 0 Å². The van der Waals surface area contributed by atoms with Crippen LogP contribution in [0.1, 0.15) is 0 Å². The molecule has 0 aliphatic carbocycles. The summed E-state index contributed by atoms with van der Waals surface area (Å²) in [4.78, 5) is 0. The molecule has 4 radical (unpaired) electrons. The van der Waals surface area contributed by atoms with Crippen LogP contribution >= 0.6 is 0 Å². The molecule has 0 aliphatic heterocycles. The number of hydrogen-bond acceptors (Lipinski definition) is 12. The Morgan fingerprint density at radius 1 is 0.250 bits per heavy atom. The molecule has 20 heavy (non-hydrogen) atoms. The van der Waals surface area contributed by atoms with Crippen molar-refractivity contribution in [1.29, 1.82) is 0 Å². The fourth-order valence-corrected chi connectivity index (χ4v) is 0. The molecule has 0 aromatic carbocycles. The van der Waals surface area contributed by atoms with Gasteiger partial charge < -0.3 is 60.3 Å². The third-order valence-corrected chi connectivity index (χ3v) is 0. The molecular weight excluding hydrogens is 837 g/mol. The molecule has 0 heterocycles. The van der Waals surface area contributed by atoms with Gasteiger partial charge in [-0.2, -0.15) is 0 Å². The minimum atomic E-state index is -2.92. The molecule has 0 N–H and O–H groups in total. The predicted molar refractivity (Wildman–Crippen MR) is 23.0 cm³/mol. The van der Waals surface area contributed by atoms with Gasteiger partial charge in [0.15, 0.2) is 0 Å². The molecule has 12 nitrogen and oxygen atoms in total. The van der Waals surface area contributed by atoms with Gasteiger partial charge in [-0.1, -0.05) is 0 Å². The monoisotopic (exact) mass is 844 g/mol. The minimum Gasteiger partial charge on any atom is -0.907 e. The summed E-state index contributed by atoms with van der Waals surface area (Å²) in [6.07, 6.45) is 0. The molecule has 0 aromatic rings. The van der Waals surface area contributed by atoms with Gasteiger partial charge in [-0.3, -0.25) is 29.3 Å². The van der Waals surface area contributed by atoms with Gasteiger partial charge in [-0.15, -0.1) is 0 Å². The van der Waals surface area contributed by atoms with Crippen LogP contribution in [0.2, 0.25) is 0 Å². The van der Waals surface area contributed by atoms with Gasteiger partial charge in [0.1, 0.15) is 0 Å². The topological polar surface area (TPSA) is 277 Å². The van der Waals surface area contributed by atoms with Crippen molar-refractivity contribution in [2.75, 3.05) is 0 Å². The molecule has 0 aromatic heterocycles. The first-order chi connectivity index (χ1) is 6.93. The van der Waals surface area contributed by atoms with Crippen molar-refractivity contribution in [2.24, 2.45) is 0 Å². The Balaban J connectivity index is -0.0000000150. The van der Waals surface area contributed by atoms with E-state index in [4.69, 9.17) is 60.3 Å². The first kappa shape index (κ1) is 49.9. The van der Waals surface area contributed by atoms with Crippen molar-refractivity contribution in [2.45, 2.75) is 0 Å². The van der Waals surface area contributed by atoms with Gasteiger partial charge in [0.05, 0.1) is 0 Å². The van der Waals surface area contributed by atoms with Crippen molar-refractivity contribution in [3.8, 4) is 0 Å². The first-order valence-corrected chi connectivity index (χ1v) is 2.83. The van der Waals surface area contributed by atoms with Gasteiger partial charge in [-0.05, 0) is 0 Å². The van der Waals surface area contributed by atoms with Crippen LogP contribution in [0.4, 0.5) is 0 Å². The van der Waals surface area contributed by atoms with Crippen LogP contribution in [0, 0.1) is 162 Å².